The minimum atomic E-state index is -4.71. The maximum atomic E-state index is 12.3. The minimum Gasteiger partial charge on any atom is -0.490 e. The summed E-state index contributed by atoms with van der Waals surface area (Å²) in [5.41, 5.74) is -0.315. The van der Waals surface area contributed by atoms with Gasteiger partial charge in [-0.1, -0.05) is 11.6 Å². The third-order valence-corrected chi connectivity index (χ3v) is 2.38. The molecule has 0 aliphatic heterocycles. The summed E-state index contributed by atoms with van der Waals surface area (Å²) in [7, 11) is 0. The van der Waals surface area contributed by atoms with Gasteiger partial charge in [-0.05, 0) is 6.07 Å². The van der Waals surface area contributed by atoms with Crippen molar-refractivity contribution in [3.05, 3.63) is 33.3 Å². The van der Waals surface area contributed by atoms with Gasteiger partial charge in [0.05, 0.1) is 16.0 Å². The van der Waals surface area contributed by atoms with Crippen LogP contribution in [0.2, 0.25) is 5.02 Å². The van der Waals surface area contributed by atoms with Crippen molar-refractivity contribution in [3.63, 3.8) is 0 Å². The standard InChI is InChI=1S/C10H6ClF3N2O3/c11-8-3-7(16(17)18)1-2-9(8)19-5-6(4-15)10(12,13)14/h1-3,6H,5H2. The smallest absolute Gasteiger partial charge is 0.407 e. The molecule has 19 heavy (non-hydrogen) atoms. The lowest BCUT2D eigenvalue weighted by atomic mass is 10.2. The molecule has 9 heteroatoms. The van der Waals surface area contributed by atoms with Gasteiger partial charge in [0.25, 0.3) is 5.69 Å². The van der Waals surface area contributed by atoms with Gasteiger partial charge in [-0.3, -0.25) is 10.1 Å². The van der Waals surface area contributed by atoms with E-state index in [1.807, 2.05) is 0 Å². The van der Waals surface area contributed by atoms with Gasteiger partial charge in [0, 0.05) is 12.1 Å². The molecule has 1 rings (SSSR count). The number of halogens is 4. The first kappa shape index (κ1) is 15.0. The van der Waals surface area contributed by atoms with Gasteiger partial charge in [0.1, 0.15) is 12.4 Å². The van der Waals surface area contributed by atoms with Crippen LogP contribution in [0.5, 0.6) is 5.75 Å². The van der Waals surface area contributed by atoms with Crippen molar-refractivity contribution < 1.29 is 22.8 Å². The number of nitro benzene ring substituents is 1. The first-order valence-corrected chi connectivity index (χ1v) is 5.16. The Kier molecular flexibility index (Phi) is 4.56. The Hall–Kier alpha value is -2.01. The zero-order valence-corrected chi connectivity index (χ0v) is 9.90. The largest absolute Gasteiger partial charge is 0.490 e. The first-order valence-electron chi connectivity index (χ1n) is 4.78. The second-order valence-electron chi connectivity index (χ2n) is 3.41. The van der Waals surface area contributed by atoms with Crippen LogP contribution in [-0.2, 0) is 0 Å². The highest BCUT2D eigenvalue weighted by atomic mass is 35.5. The maximum Gasteiger partial charge on any atom is 0.407 e. The average Bonchev–Trinajstić information content (AvgIpc) is 2.29. The van der Waals surface area contributed by atoms with Gasteiger partial charge in [0.15, 0.2) is 5.92 Å². The zero-order valence-electron chi connectivity index (χ0n) is 9.15. The predicted octanol–water partition coefficient (Wildman–Crippen LogP) is 3.33. The van der Waals surface area contributed by atoms with E-state index in [-0.39, 0.29) is 16.5 Å². The molecule has 0 radical (unpaired) electrons. The molecule has 102 valence electrons. The molecule has 0 fully saturated rings. The van der Waals surface area contributed by atoms with Crippen LogP contribution in [0.25, 0.3) is 0 Å². The SMILES string of the molecule is N#CC(COc1ccc([N+](=O)[O-])cc1Cl)C(F)(F)F. The van der Waals surface area contributed by atoms with Crippen molar-refractivity contribution in [3.8, 4) is 11.8 Å². The highest BCUT2D eigenvalue weighted by Crippen LogP contribution is 2.31. The maximum absolute atomic E-state index is 12.3. The zero-order chi connectivity index (χ0) is 14.6. The van der Waals surface area contributed by atoms with Crippen LogP contribution in [0, 0.1) is 27.4 Å². The van der Waals surface area contributed by atoms with Gasteiger partial charge in [-0.25, -0.2) is 0 Å². The molecule has 0 saturated heterocycles. The quantitative estimate of drug-likeness (QED) is 0.630. The highest BCUT2D eigenvalue weighted by Gasteiger charge is 2.40. The Labute approximate surface area is 110 Å². The number of alkyl halides is 3. The molecule has 1 atom stereocenters. The molecule has 0 spiro atoms. The lowest BCUT2D eigenvalue weighted by Gasteiger charge is -2.14. The van der Waals surface area contributed by atoms with Gasteiger partial charge < -0.3 is 4.74 Å². The van der Waals surface area contributed by atoms with Crippen LogP contribution >= 0.6 is 11.6 Å². The van der Waals surface area contributed by atoms with E-state index in [1.54, 1.807) is 0 Å². The summed E-state index contributed by atoms with van der Waals surface area (Å²) < 4.78 is 41.6. The Morgan fingerprint density at radius 1 is 1.53 bits per heavy atom. The third-order valence-electron chi connectivity index (χ3n) is 2.08. The van der Waals surface area contributed by atoms with E-state index in [9.17, 15) is 23.3 Å². The van der Waals surface area contributed by atoms with Crippen LogP contribution < -0.4 is 4.74 Å². The topological polar surface area (TPSA) is 76.2 Å². The summed E-state index contributed by atoms with van der Waals surface area (Å²) in [4.78, 5) is 9.72. The van der Waals surface area contributed by atoms with E-state index in [0.29, 0.717) is 0 Å². The number of benzene rings is 1. The number of hydrogen-bond donors (Lipinski definition) is 0. The lowest BCUT2D eigenvalue weighted by Crippen LogP contribution is -2.27. The number of nitrogens with zero attached hydrogens (tertiary/aromatic N) is 2. The van der Waals surface area contributed by atoms with Crippen LogP contribution in [0.15, 0.2) is 18.2 Å². The van der Waals surface area contributed by atoms with E-state index in [2.05, 4.69) is 0 Å². The average molecular weight is 295 g/mol. The molecule has 1 aromatic rings. The molecule has 0 heterocycles. The Morgan fingerprint density at radius 3 is 2.58 bits per heavy atom. The number of hydrogen-bond acceptors (Lipinski definition) is 4. The van der Waals surface area contributed by atoms with Crippen LogP contribution in [0.3, 0.4) is 0 Å². The van der Waals surface area contributed by atoms with E-state index in [4.69, 9.17) is 21.6 Å². The number of non-ortho nitro benzene ring substituents is 1. The summed E-state index contributed by atoms with van der Waals surface area (Å²) in [6.45, 7) is -0.933. The molecule has 0 bridgehead atoms. The molecular formula is C10H6ClF3N2O3. The Morgan fingerprint density at radius 2 is 2.16 bits per heavy atom. The molecule has 1 aromatic carbocycles. The van der Waals surface area contributed by atoms with Crippen LogP contribution in [-0.4, -0.2) is 17.7 Å². The third kappa shape index (κ3) is 3.99. The van der Waals surface area contributed by atoms with Gasteiger partial charge >= 0.3 is 6.18 Å². The molecular weight excluding hydrogens is 289 g/mol. The summed E-state index contributed by atoms with van der Waals surface area (Å²) >= 11 is 5.62. The molecule has 0 aliphatic rings. The molecule has 0 aliphatic carbocycles. The van der Waals surface area contributed by atoms with Crippen molar-refractivity contribution in [2.75, 3.05) is 6.61 Å². The minimum absolute atomic E-state index is 0.156. The molecule has 0 saturated carbocycles. The Bertz CT molecular complexity index is 528. The van der Waals surface area contributed by atoms with Gasteiger partial charge in [0.2, 0.25) is 0 Å². The van der Waals surface area contributed by atoms with Crippen molar-refractivity contribution in [2.24, 2.45) is 5.92 Å². The fourth-order valence-electron chi connectivity index (χ4n) is 1.10. The van der Waals surface area contributed by atoms with E-state index >= 15 is 0 Å². The summed E-state index contributed by atoms with van der Waals surface area (Å²) in [5, 5.41) is 18.6. The predicted molar refractivity (Wildman–Crippen MR) is 58.8 cm³/mol. The van der Waals surface area contributed by atoms with Gasteiger partial charge in [-0.2, -0.15) is 18.4 Å². The second kappa shape index (κ2) is 5.75. The number of nitriles is 1. The summed E-state index contributed by atoms with van der Waals surface area (Å²) in [6, 6.07) is 4.12. The molecule has 0 amide bonds. The molecule has 1 unspecified atom stereocenters. The van der Waals surface area contributed by atoms with Crippen LogP contribution in [0.1, 0.15) is 0 Å². The van der Waals surface area contributed by atoms with Crippen molar-refractivity contribution in [1.82, 2.24) is 0 Å². The normalized spacial score (nSPS) is 12.6. The fraction of sp³-hybridized carbons (Fsp3) is 0.300. The van der Waals surface area contributed by atoms with Gasteiger partial charge in [-0.15, -0.1) is 0 Å². The Balaban J connectivity index is 2.79. The monoisotopic (exact) mass is 294 g/mol. The van der Waals surface area contributed by atoms with Crippen molar-refractivity contribution in [2.45, 2.75) is 6.18 Å². The van der Waals surface area contributed by atoms with Crippen LogP contribution in [0.4, 0.5) is 18.9 Å². The molecule has 5 nitrogen and oxygen atoms in total. The molecule has 0 N–H and O–H groups in total. The number of nitro groups is 1. The highest BCUT2D eigenvalue weighted by molar-refractivity contribution is 6.32. The summed E-state index contributed by atoms with van der Waals surface area (Å²) in [5.74, 6) is -2.45. The van der Waals surface area contributed by atoms with E-state index < -0.39 is 23.6 Å². The van der Waals surface area contributed by atoms with E-state index in [1.165, 1.54) is 0 Å². The number of rotatable bonds is 4. The van der Waals surface area contributed by atoms with Crippen molar-refractivity contribution >= 4 is 17.3 Å². The fourth-order valence-corrected chi connectivity index (χ4v) is 1.33. The van der Waals surface area contributed by atoms with Crippen molar-refractivity contribution in [1.29, 1.82) is 5.26 Å². The second-order valence-corrected chi connectivity index (χ2v) is 3.81. The number of ether oxygens (including phenoxy) is 1. The summed E-state index contributed by atoms with van der Waals surface area (Å²) in [6.07, 6.45) is -4.71. The lowest BCUT2D eigenvalue weighted by molar-refractivity contribution is -0.384. The van der Waals surface area contributed by atoms with E-state index in [0.717, 1.165) is 24.3 Å². The first-order chi connectivity index (χ1) is 8.75. The molecule has 0 aromatic heterocycles.